The molecule has 1 unspecified atom stereocenters. The summed E-state index contributed by atoms with van der Waals surface area (Å²) >= 11 is 0. The van der Waals surface area contributed by atoms with Crippen molar-refractivity contribution in [2.75, 3.05) is 13.7 Å². The molecule has 21 heavy (non-hydrogen) atoms. The first-order chi connectivity index (χ1) is 9.61. The van der Waals surface area contributed by atoms with Crippen molar-refractivity contribution < 1.29 is 26.0 Å². The molecule has 0 radical (unpaired) electrons. The Morgan fingerprint density at radius 3 is 2.38 bits per heavy atom. The lowest BCUT2D eigenvalue weighted by molar-refractivity contribution is 0.173. The Morgan fingerprint density at radius 1 is 1.33 bits per heavy atom. The Morgan fingerprint density at radius 2 is 1.95 bits per heavy atom. The summed E-state index contributed by atoms with van der Waals surface area (Å²) in [6, 6.07) is 1.83. The topological polar surface area (TPSA) is 89.5 Å². The van der Waals surface area contributed by atoms with Crippen molar-refractivity contribution >= 4 is 29.8 Å². The molecule has 1 aromatic carbocycles. The molecule has 0 aliphatic carbocycles. The van der Waals surface area contributed by atoms with Crippen molar-refractivity contribution in [2.24, 2.45) is 0 Å². The summed E-state index contributed by atoms with van der Waals surface area (Å²) in [4.78, 5) is -1.16. The fourth-order valence-corrected chi connectivity index (χ4v) is 3.70. The van der Waals surface area contributed by atoms with Crippen LogP contribution in [0.3, 0.4) is 0 Å². The van der Waals surface area contributed by atoms with Crippen molar-refractivity contribution in [1.82, 2.24) is 4.72 Å². The summed E-state index contributed by atoms with van der Waals surface area (Å²) in [6.45, 7) is 1.87. The zero-order chi connectivity index (χ0) is 16.3. The highest BCUT2D eigenvalue weighted by Gasteiger charge is 2.24. The second-order valence-corrected chi connectivity index (χ2v) is 8.46. The number of methoxy groups -OCH3 is 1. The van der Waals surface area contributed by atoms with E-state index in [-0.39, 0.29) is 6.61 Å². The van der Waals surface area contributed by atoms with Gasteiger partial charge in [-0.25, -0.2) is 25.9 Å². The predicted molar refractivity (Wildman–Crippen MR) is 75.7 cm³/mol. The second-order valence-electron chi connectivity index (χ2n) is 4.21. The third-order valence-corrected chi connectivity index (χ3v) is 5.56. The van der Waals surface area contributed by atoms with Crippen molar-refractivity contribution in [3.63, 3.8) is 0 Å². The third-order valence-electron chi connectivity index (χ3n) is 2.66. The monoisotopic (exact) mass is 359 g/mol. The van der Waals surface area contributed by atoms with Gasteiger partial charge in [0.1, 0.15) is 10.7 Å². The van der Waals surface area contributed by atoms with Gasteiger partial charge in [-0.15, -0.1) is 0 Å². The van der Waals surface area contributed by atoms with Gasteiger partial charge in [-0.05, 0) is 24.6 Å². The van der Waals surface area contributed by atoms with Crippen LogP contribution in [0, 0.1) is 5.82 Å². The molecule has 0 bridgehead atoms. The molecule has 120 valence electrons. The van der Waals surface area contributed by atoms with Crippen molar-refractivity contribution in [3.05, 3.63) is 24.0 Å². The number of sulfonamides is 1. The Labute approximate surface area is 127 Å². The van der Waals surface area contributed by atoms with Crippen LogP contribution in [-0.4, -0.2) is 36.6 Å². The number of nitrogens with one attached hydrogen (secondary N) is 1. The second kappa shape index (κ2) is 7.01. The van der Waals surface area contributed by atoms with Gasteiger partial charge < -0.3 is 4.74 Å². The van der Waals surface area contributed by atoms with E-state index in [0.717, 1.165) is 12.1 Å². The molecular formula is C11H15ClFNO5S2. The van der Waals surface area contributed by atoms with Gasteiger partial charge in [0.25, 0.3) is 9.05 Å². The molecule has 0 spiro atoms. The van der Waals surface area contributed by atoms with Crippen molar-refractivity contribution in [3.8, 4) is 0 Å². The Hall–Kier alpha value is -0.740. The number of ether oxygens (including phenoxy) is 1. The number of hydrogen-bond acceptors (Lipinski definition) is 5. The maximum absolute atomic E-state index is 13.8. The number of halogens is 2. The van der Waals surface area contributed by atoms with Crippen LogP contribution < -0.4 is 4.72 Å². The molecule has 1 atom stereocenters. The van der Waals surface area contributed by atoms with E-state index in [0.29, 0.717) is 12.5 Å². The first kappa shape index (κ1) is 18.3. The van der Waals surface area contributed by atoms with Gasteiger partial charge in [-0.3, -0.25) is 0 Å². The minimum absolute atomic E-state index is 0.130. The minimum Gasteiger partial charge on any atom is -0.383 e. The fourth-order valence-electron chi connectivity index (χ4n) is 1.57. The van der Waals surface area contributed by atoms with E-state index >= 15 is 0 Å². The highest BCUT2D eigenvalue weighted by atomic mass is 35.7. The highest BCUT2D eigenvalue weighted by Crippen LogP contribution is 2.21. The van der Waals surface area contributed by atoms with Crippen LogP contribution in [0.2, 0.25) is 0 Å². The first-order valence-electron chi connectivity index (χ1n) is 5.87. The average Bonchev–Trinajstić information content (AvgIpc) is 2.36. The highest BCUT2D eigenvalue weighted by molar-refractivity contribution is 8.13. The SMILES string of the molecule is CCC(COC)NS(=O)(=O)c1ccc(S(=O)(=O)Cl)cc1F. The molecule has 0 fully saturated rings. The Kier molecular flexibility index (Phi) is 6.11. The molecule has 6 nitrogen and oxygen atoms in total. The van der Waals surface area contributed by atoms with E-state index in [1.54, 1.807) is 6.92 Å². The predicted octanol–water partition coefficient (Wildman–Crippen LogP) is 1.46. The molecule has 0 aliphatic rings. The molecule has 0 aromatic heterocycles. The van der Waals surface area contributed by atoms with Gasteiger partial charge in [0.15, 0.2) is 0 Å². The van der Waals surface area contributed by atoms with Gasteiger partial charge in [0.05, 0.1) is 11.5 Å². The van der Waals surface area contributed by atoms with E-state index < -0.39 is 40.7 Å². The summed E-state index contributed by atoms with van der Waals surface area (Å²) in [5.74, 6) is -1.20. The maximum Gasteiger partial charge on any atom is 0.261 e. The Balaban J connectivity index is 3.15. The molecule has 0 heterocycles. The van der Waals surface area contributed by atoms with Crippen molar-refractivity contribution in [2.45, 2.75) is 29.2 Å². The normalized spacial score (nSPS) is 14.1. The van der Waals surface area contributed by atoms with Crippen LogP contribution in [0.5, 0.6) is 0 Å². The number of hydrogen-bond donors (Lipinski definition) is 1. The lowest BCUT2D eigenvalue weighted by atomic mass is 10.3. The molecule has 0 aliphatic heterocycles. The van der Waals surface area contributed by atoms with E-state index in [1.807, 2.05) is 0 Å². The lowest BCUT2D eigenvalue weighted by Gasteiger charge is -2.16. The fraction of sp³-hybridized carbons (Fsp3) is 0.455. The van der Waals surface area contributed by atoms with Crippen LogP contribution >= 0.6 is 10.7 Å². The summed E-state index contributed by atoms with van der Waals surface area (Å²) < 4.78 is 67.3. The van der Waals surface area contributed by atoms with Crippen molar-refractivity contribution in [1.29, 1.82) is 0 Å². The molecule has 0 saturated heterocycles. The number of rotatable bonds is 7. The molecule has 1 N–H and O–H groups in total. The van der Waals surface area contributed by atoms with Crippen LogP contribution in [0.1, 0.15) is 13.3 Å². The van der Waals surface area contributed by atoms with E-state index in [1.165, 1.54) is 7.11 Å². The largest absolute Gasteiger partial charge is 0.383 e. The molecule has 0 amide bonds. The Bertz CT molecular complexity index is 705. The molecule has 0 saturated carbocycles. The zero-order valence-corrected chi connectivity index (χ0v) is 13.7. The van der Waals surface area contributed by atoms with E-state index in [4.69, 9.17) is 15.4 Å². The number of benzene rings is 1. The van der Waals surface area contributed by atoms with Crippen LogP contribution in [0.25, 0.3) is 0 Å². The smallest absolute Gasteiger partial charge is 0.261 e. The lowest BCUT2D eigenvalue weighted by Crippen LogP contribution is -2.37. The van der Waals surface area contributed by atoms with Crippen LogP contribution in [-0.2, 0) is 23.8 Å². The molecule has 10 heteroatoms. The van der Waals surface area contributed by atoms with Gasteiger partial charge >= 0.3 is 0 Å². The van der Waals surface area contributed by atoms with Crippen LogP contribution in [0.15, 0.2) is 28.0 Å². The van der Waals surface area contributed by atoms with Gasteiger partial charge in [-0.2, -0.15) is 0 Å². The molecule has 1 rings (SSSR count). The maximum atomic E-state index is 13.8. The van der Waals surface area contributed by atoms with Gasteiger partial charge in [0.2, 0.25) is 10.0 Å². The third kappa shape index (κ3) is 4.89. The first-order valence-corrected chi connectivity index (χ1v) is 9.66. The quantitative estimate of drug-likeness (QED) is 0.744. The van der Waals surface area contributed by atoms with E-state index in [2.05, 4.69) is 4.72 Å². The molecular weight excluding hydrogens is 345 g/mol. The summed E-state index contributed by atoms with van der Waals surface area (Å²) in [7, 11) is -1.77. The summed E-state index contributed by atoms with van der Waals surface area (Å²) in [5, 5.41) is 0. The summed E-state index contributed by atoms with van der Waals surface area (Å²) in [5.41, 5.74) is 0. The zero-order valence-electron chi connectivity index (χ0n) is 11.3. The van der Waals surface area contributed by atoms with Crippen LogP contribution in [0.4, 0.5) is 4.39 Å². The van der Waals surface area contributed by atoms with Gasteiger partial charge in [0, 0.05) is 23.8 Å². The summed E-state index contributed by atoms with van der Waals surface area (Å²) in [6.07, 6.45) is 0.447. The van der Waals surface area contributed by atoms with E-state index in [9.17, 15) is 21.2 Å². The standard InChI is InChI=1S/C11H15ClFNO5S2/c1-3-8(7-19-2)14-21(17,18)11-5-4-9(6-10(11)13)20(12,15)16/h4-6,8,14H,3,7H2,1-2H3. The average molecular weight is 360 g/mol. The van der Waals surface area contributed by atoms with Gasteiger partial charge in [-0.1, -0.05) is 6.92 Å². The molecule has 1 aromatic rings. The minimum atomic E-state index is -4.13.